The number of aryl methyl sites for hydroxylation is 3. The van der Waals surface area contributed by atoms with Crippen LogP contribution in [-0.2, 0) is 19.3 Å². The Balaban J connectivity index is 1.79. The van der Waals surface area contributed by atoms with Gasteiger partial charge in [0.25, 0.3) is 0 Å². The fraction of sp³-hybridized carbons (Fsp3) is 0.500. The molecule has 0 spiro atoms. The van der Waals surface area contributed by atoms with Gasteiger partial charge in [-0.3, -0.25) is 0 Å². The van der Waals surface area contributed by atoms with Crippen molar-refractivity contribution in [1.29, 1.82) is 0 Å². The molecular formula is C16H23N3S. The lowest BCUT2D eigenvalue weighted by molar-refractivity contribution is 0.667. The predicted octanol–water partition coefficient (Wildman–Crippen LogP) is 3.17. The summed E-state index contributed by atoms with van der Waals surface area (Å²) in [5.41, 5.74) is 2.77. The van der Waals surface area contributed by atoms with E-state index in [0.717, 1.165) is 42.4 Å². The van der Waals surface area contributed by atoms with E-state index < -0.39 is 0 Å². The third-order valence-electron chi connectivity index (χ3n) is 3.32. The Labute approximate surface area is 125 Å². The topological polar surface area (TPSA) is 37.8 Å². The monoisotopic (exact) mass is 289 g/mol. The van der Waals surface area contributed by atoms with Gasteiger partial charge in [0.2, 0.25) is 0 Å². The highest BCUT2D eigenvalue weighted by molar-refractivity contribution is 7.11. The average molecular weight is 289 g/mol. The molecule has 2 aromatic rings. The Hall–Kier alpha value is -1.26. The Morgan fingerprint density at radius 3 is 2.50 bits per heavy atom. The molecule has 0 aliphatic carbocycles. The molecule has 0 atom stereocenters. The first-order chi connectivity index (χ1) is 9.79. The zero-order valence-corrected chi connectivity index (χ0v) is 13.2. The summed E-state index contributed by atoms with van der Waals surface area (Å²) < 4.78 is 0. The largest absolute Gasteiger partial charge is 0.316 e. The predicted molar refractivity (Wildman–Crippen MR) is 85.4 cm³/mol. The molecule has 0 bridgehead atoms. The van der Waals surface area contributed by atoms with Crippen molar-refractivity contribution >= 4 is 11.3 Å². The number of benzene rings is 1. The molecule has 0 radical (unpaired) electrons. The van der Waals surface area contributed by atoms with Gasteiger partial charge in [-0.05, 0) is 37.4 Å². The first-order valence-corrected chi connectivity index (χ1v) is 8.17. The third-order valence-corrected chi connectivity index (χ3v) is 4.36. The van der Waals surface area contributed by atoms with Crippen LogP contribution in [0.3, 0.4) is 0 Å². The van der Waals surface area contributed by atoms with Gasteiger partial charge in [-0.1, -0.05) is 31.2 Å². The molecule has 1 aromatic carbocycles. The van der Waals surface area contributed by atoms with Crippen molar-refractivity contribution in [2.45, 2.75) is 39.5 Å². The molecule has 0 fully saturated rings. The summed E-state index contributed by atoms with van der Waals surface area (Å²) in [5.74, 6) is 0. The molecule has 1 heterocycles. The van der Waals surface area contributed by atoms with Crippen molar-refractivity contribution in [2.75, 3.05) is 13.1 Å². The molecule has 0 aliphatic heterocycles. The second-order valence-electron chi connectivity index (χ2n) is 5.02. The Bertz CT molecular complexity index is 522. The molecule has 1 aromatic heterocycles. The zero-order chi connectivity index (χ0) is 14.2. The van der Waals surface area contributed by atoms with E-state index in [9.17, 15) is 0 Å². The fourth-order valence-corrected chi connectivity index (χ4v) is 2.96. The van der Waals surface area contributed by atoms with Crippen molar-refractivity contribution in [3.8, 4) is 0 Å². The minimum Gasteiger partial charge on any atom is -0.316 e. The van der Waals surface area contributed by atoms with Crippen molar-refractivity contribution in [2.24, 2.45) is 0 Å². The Morgan fingerprint density at radius 1 is 1.00 bits per heavy atom. The van der Waals surface area contributed by atoms with Crippen LogP contribution in [0.5, 0.6) is 0 Å². The number of aromatic nitrogens is 2. The smallest absolute Gasteiger partial charge is 0.118 e. The molecular weight excluding hydrogens is 266 g/mol. The summed E-state index contributed by atoms with van der Waals surface area (Å²) in [7, 11) is 0. The fourth-order valence-electron chi connectivity index (χ4n) is 2.12. The van der Waals surface area contributed by atoms with Gasteiger partial charge in [0.15, 0.2) is 0 Å². The van der Waals surface area contributed by atoms with E-state index in [4.69, 9.17) is 0 Å². The maximum absolute atomic E-state index is 4.30. The molecule has 108 valence electrons. The molecule has 0 saturated carbocycles. The summed E-state index contributed by atoms with van der Waals surface area (Å²) in [6.07, 6.45) is 4.21. The lowest BCUT2D eigenvalue weighted by Crippen LogP contribution is -2.17. The van der Waals surface area contributed by atoms with E-state index in [-0.39, 0.29) is 0 Å². The van der Waals surface area contributed by atoms with E-state index in [0.29, 0.717) is 0 Å². The van der Waals surface area contributed by atoms with Crippen LogP contribution in [0.15, 0.2) is 24.3 Å². The molecule has 3 nitrogen and oxygen atoms in total. The van der Waals surface area contributed by atoms with Gasteiger partial charge in [-0.25, -0.2) is 0 Å². The van der Waals surface area contributed by atoms with Crippen LogP contribution in [0.4, 0.5) is 0 Å². The summed E-state index contributed by atoms with van der Waals surface area (Å²) in [5, 5.41) is 14.3. The van der Waals surface area contributed by atoms with E-state index >= 15 is 0 Å². The van der Waals surface area contributed by atoms with Gasteiger partial charge in [0, 0.05) is 19.4 Å². The molecule has 0 aliphatic rings. The quantitative estimate of drug-likeness (QED) is 0.759. The first-order valence-electron chi connectivity index (χ1n) is 7.36. The molecule has 20 heavy (non-hydrogen) atoms. The van der Waals surface area contributed by atoms with E-state index in [2.05, 4.69) is 53.6 Å². The van der Waals surface area contributed by atoms with Gasteiger partial charge in [-0.2, -0.15) is 0 Å². The molecule has 4 heteroatoms. The van der Waals surface area contributed by atoms with Crippen LogP contribution in [0.2, 0.25) is 0 Å². The van der Waals surface area contributed by atoms with Gasteiger partial charge in [0.1, 0.15) is 10.0 Å². The molecule has 0 saturated heterocycles. The minimum atomic E-state index is 0.988. The van der Waals surface area contributed by atoms with Crippen LogP contribution in [0, 0.1) is 6.92 Å². The van der Waals surface area contributed by atoms with Crippen LogP contribution in [-0.4, -0.2) is 23.3 Å². The van der Waals surface area contributed by atoms with Gasteiger partial charge < -0.3 is 5.32 Å². The van der Waals surface area contributed by atoms with E-state index in [1.807, 2.05) is 0 Å². The number of rotatable bonds is 8. The van der Waals surface area contributed by atoms with E-state index in [1.165, 1.54) is 17.5 Å². The van der Waals surface area contributed by atoms with Crippen molar-refractivity contribution in [3.63, 3.8) is 0 Å². The number of nitrogens with one attached hydrogen (secondary N) is 1. The van der Waals surface area contributed by atoms with Gasteiger partial charge in [0.05, 0.1) is 0 Å². The zero-order valence-electron chi connectivity index (χ0n) is 12.4. The standard InChI is InChI=1S/C16H23N3S/c1-3-11-17-12-10-16-19-18-15(20-16)9-8-14-7-5-4-6-13(14)2/h4-7,17H,3,8-12H2,1-2H3. The van der Waals surface area contributed by atoms with Gasteiger partial charge in [-0.15, -0.1) is 21.5 Å². The normalized spacial score (nSPS) is 10.9. The van der Waals surface area contributed by atoms with Crippen molar-refractivity contribution < 1.29 is 0 Å². The van der Waals surface area contributed by atoms with Crippen LogP contribution < -0.4 is 5.32 Å². The number of nitrogens with zero attached hydrogens (tertiary/aromatic N) is 2. The first kappa shape index (κ1) is 15.1. The van der Waals surface area contributed by atoms with E-state index in [1.54, 1.807) is 11.3 Å². The lowest BCUT2D eigenvalue weighted by atomic mass is 10.0. The van der Waals surface area contributed by atoms with Crippen LogP contribution in [0.1, 0.15) is 34.5 Å². The third kappa shape index (κ3) is 4.69. The summed E-state index contributed by atoms with van der Waals surface area (Å²) in [4.78, 5) is 0. The number of hydrogen-bond acceptors (Lipinski definition) is 4. The average Bonchev–Trinajstić information content (AvgIpc) is 2.91. The highest BCUT2D eigenvalue weighted by Crippen LogP contribution is 2.15. The lowest BCUT2D eigenvalue weighted by Gasteiger charge is -2.02. The second kappa shape index (κ2) is 8.12. The summed E-state index contributed by atoms with van der Waals surface area (Å²) in [6.45, 7) is 6.43. The van der Waals surface area contributed by atoms with Crippen molar-refractivity contribution in [1.82, 2.24) is 15.5 Å². The molecule has 0 amide bonds. The van der Waals surface area contributed by atoms with Gasteiger partial charge >= 0.3 is 0 Å². The Kier molecular flexibility index (Phi) is 6.15. The highest BCUT2D eigenvalue weighted by Gasteiger charge is 2.05. The SMILES string of the molecule is CCCNCCc1nnc(CCc2ccccc2C)s1. The number of hydrogen-bond donors (Lipinski definition) is 1. The van der Waals surface area contributed by atoms with Crippen LogP contribution >= 0.6 is 11.3 Å². The highest BCUT2D eigenvalue weighted by atomic mass is 32.1. The summed E-state index contributed by atoms with van der Waals surface area (Å²) in [6, 6.07) is 8.56. The molecule has 2 rings (SSSR count). The van der Waals surface area contributed by atoms with Crippen molar-refractivity contribution in [3.05, 3.63) is 45.4 Å². The minimum absolute atomic E-state index is 0.988. The molecule has 1 N–H and O–H groups in total. The Morgan fingerprint density at radius 2 is 1.75 bits per heavy atom. The maximum Gasteiger partial charge on any atom is 0.118 e. The second-order valence-corrected chi connectivity index (χ2v) is 6.16. The summed E-state index contributed by atoms with van der Waals surface area (Å²) >= 11 is 1.75. The van der Waals surface area contributed by atoms with Crippen LogP contribution in [0.25, 0.3) is 0 Å². The maximum atomic E-state index is 4.30. The molecule has 0 unspecified atom stereocenters.